The van der Waals surface area contributed by atoms with Crippen molar-refractivity contribution in [3.63, 3.8) is 0 Å². The van der Waals surface area contributed by atoms with E-state index in [1.807, 2.05) is 18.2 Å². The first-order chi connectivity index (χ1) is 17.7. The van der Waals surface area contributed by atoms with Gasteiger partial charge in [0.15, 0.2) is 0 Å². The van der Waals surface area contributed by atoms with Crippen molar-refractivity contribution < 1.29 is 28.5 Å². The Labute approximate surface area is 217 Å². The second kappa shape index (κ2) is 10.1. The van der Waals surface area contributed by atoms with Crippen LogP contribution in [0.5, 0.6) is 17.2 Å². The number of halogens is 1. The minimum Gasteiger partial charge on any atom is -0.493 e. The van der Waals surface area contributed by atoms with Gasteiger partial charge in [-0.3, -0.25) is 4.79 Å². The summed E-state index contributed by atoms with van der Waals surface area (Å²) in [5, 5.41) is 9.14. The first-order valence-electron chi connectivity index (χ1n) is 12.9. The summed E-state index contributed by atoms with van der Waals surface area (Å²) in [4.78, 5) is 11.1. The maximum atomic E-state index is 15.2. The maximum absolute atomic E-state index is 15.2. The van der Waals surface area contributed by atoms with Gasteiger partial charge in [-0.05, 0) is 84.7 Å². The zero-order valence-electron chi connectivity index (χ0n) is 21.8. The Morgan fingerprint density at radius 2 is 1.86 bits per heavy atom. The van der Waals surface area contributed by atoms with Crippen molar-refractivity contribution in [1.29, 1.82) is 0 Å². The second-order valence-corrected chi connectivity index (χ2v) is 10.6. The van der Waals surface area contributed by atoms with Crippen LogP contribution in [0.3, 0.4) is 0 Å². The number of rotatable bonds is 8. The van der Waals surface area contributed by atoms with Gasteiger partial charge in [0.2, 0.25) is 0 Å². The number of hydrogen-bond acceptors (Lipinski definition) is 4. The van der Waals surface area contributed by atoms with Crippen molar-refractivity contribution in [2.24, 2.45) is 5.92 Å². The van der Waals surface area contributed by atoms with E-state index in [2.05, 4.69) is 39.8 Å². The Kier molecular flexibility index (Phi) is 6.84. The smallest absolute Gasteiger partial charge is 0.304 e. The van der Waals surface area contributed by atoms with Gasteiger partial charge in [0.25, 0.3) is 0 Å². The Morgan fingerprint density at radius 3 is 2.57 bits per heavy atom. The average molecular weight is 505 g/mol. The van der Waals surface area contributed by atoms with E-state index in [-0.39, 0.29) is 18.2 Å². The highest BCUT2D eigenvalue weighted by atomic mass is 19.1. The molecule has 0 aromatic heterocycles. The van der Waals surface area contributed by atoms with Crippen LogP contribution in [0.4, 0.5) is 4.39 Å². The van der Waals surface area contributed by atoms with Crippen molar-refractivity contribution in [3.8, 4) is 28.4 Å². The van der Waals surface area contributed by atoms with Crippen LogP contribution >= 0.6 is 0 Å². The molecule has 2 aliphatic rings. The molecule has 0 fully saturated rings. The first kappa shape index (κ1) is 25.1. The van der Waals surface area contributed by atoms with Gasteiger partial charge in [-0.2, -0.15) is 0 Å². The van der Waals surface area contributed by atoms with Crippen molar-refractivity contribution >= 4 is 5.97 Å². The van der Waals surface area contributed by atoms with Gasteiger partial charge in [-0.15, -0.1) is 0 Å². The molecule has 0 unspecified atom stereocenters. The van der Waals surface area contributed by atoms with Crippen LogP contribution < -0.4 is 14.2 Å². The van der Waals surface area contributed by atoms with Crippen LogP contribution in [-0.4, -0.2) is 24.3 Å². The predicted molar refractivity (Wildman–Crippen MR) is 140 cm³/mol. The molecule has 37 heavy (non-hydrogen) atoms. The standard InChI is InChI=1S/C31H33FO5/c1-17(2)15-35-22-11-18(3)30(19(4)12-22)24-7-9-26(32)31-25(24)8-10-27(31)37-21-5-6-23-20(13-29(33)34)16-36-28(23)14-21/h5-7,9,11-12,14,17,20,27H,8,10,13,15-16H2,1-4H3,(H,33,34)/t20-,27-/m1/s1. The number of aryl methyl sites for hydroxylation is 2. The lowest BCUT2D eigenvalue weighted by atomic mass is 9.90. The molecule has 1 aliphatic carbocycles. The highest BCUT2D eigenvalue weighted by molar-refractivity contribution is 5.76. The number of carbonyl (C=O) groups is 1. The van der Waals surface area contributed by atoms with Crippen LogP contribution in [0, 0.1) is 25.6 Å². The fourth-order valence-corrected chi connectivity index (χ4v) is 5.59. The number of carboxylic acids is 1. The summed E-state index contributed by atoms with van der Waals surface area (Å²) in [7, 11) is 0. The lowest BCUT2D eigenvalue weighted by Gasteiger charge is -2.19. The summed E-state index contributed by atoms with van der Waals surface area (Å²) in [5.41, 5.74) is 6.84. The zero-order chi connectivity index (χ0) is 26.3. The molecule has 0 amide bonds. The highest BCUT2D eigenvalue weighted by Gasteiger charge is 2.32. The fraction of sp³-hybridized carbons (Fsp3) is 0.387. The molecule has 0 saturated heterocycles. The summed E-state index contributed by atoms with van der Waals surface area (Å²) in [6.45, 7) is 9.41. The summed E-state index contributed by atoms with van der Waals surface area (Å²) in [5.74, 6) is 1.27. The van der Waals surface area contributed by atoms with E-state index < -0.39 is 12.1 Å². The van der Waals surface area contributed by atoms with E-state index in [4.69, 9.17) is 19.3 Å². The molecule has 194 valence electrons. The van der Waals surface area contributed by atoms with Crippen molar-refractivity contribution in [2.45, 2.75) is 59.0 Å². The van der Waals surface area contributed by atoms with Gasteiger partial charge < -0.3 is 19.3 Å². The number of aliphatic carboxylic acids is 1. The van der Waals surface area contributed by atoms with Gasteiger partial charge in [0, 0.05) is 23.1 Å². The molecule has 0 saturated carbocycles. The van der Waals surface area contributed by atoms with Gasteiger partial charge >= 0.3 is 5.97 Å². The molecule has 1 aliphatic heterocycles. The normalized spacial score (nSPS) is 17.9. The Balaban J connectivity index is 1.42. The predicted octanol–water partition coefficient (Wildman–Crippen LogP) is 7.16. The molecular formula is C31H33FO5. The second-order valence-electron chi connectivity index (χ2n) is 10.6. The molecule has 5 nitrogen and oxygen atoms in total. The third kappa shape index (κ3) is 5.02. The molecule has 3 aromatic rings. The number of carboxylic acid groups (broad SMARTS) is 1. The lowest BCUT2D eigenvalue weighted by molar-refractivity contribution is -0.137. The number of benzene rings is 3. The SMILES string of the molecule is Cc1cc(OCC(C)C)cc(C)c1-c1ccc(F)c2c1CC[C@H]2Oc1ccc2c(c1)OC[C@H]2CC(=O)O. The molecule has 1 N–H and O–H groups in total. The largest absolute Gasteiger partial charge is 0.493 e. The Bertz CT molecular complexity index is 1320. The molecule has 0 spiro atoms. The highest BCUT2D eigenvalue weighted by Crippen LogP contribution is 2.45. The van der Waals surface area contributed by atoms with E-state index in [1.54, 1.807) is 12.1 Å². The quantitative estimate of drug-likeness (QED) is 0.353. The van der Waals surface area contributed by atoms with E-state index >= 15 is 4.39 Å². The maximum Gasteiger partial charge on any atom is 0.304 e. The molecule has 5 rings (SSSR count). The Hall–Kier alpha value is -3.54. The van der Waals surface area contributed by atoms with Gasteiger partial charge in [0.1, 0.15) is 29.2 Å². The molecule has 0 bridgehead atoms. The molecule has 1 heterocycles. The van der Waals surface area contributed by atoms with Crippen molar-refractivity contribution in [2.75, 3.05) is 13.2 Å². The van der Waals surface area contributed by atoms with E-state index in [1.165, 1.54) is 0 Å². The lowest BCUT2D eigenvalue weighted by Crippen LogP contribution is -2.07. The van der Waals surface area contributed by atoms with Crippen LogP contribution in [0.2, 0.25) is 0 Å². The summed E-state index contributed by atoms with van der Waals surface area (Å²) >= 11 is 0. The summed E-state index contributed by atoms with van der Waals surface area (Å²) in [6.07, 6.45) is 1.02. The third-order valence-corrected chi connectivity index (χ3v) is 7.21. The van der Waals surface area contributed by atoms with Crippen LogP contribution in [-0.2, 0) is 11.2 Å². The minimum atomic E-state index is -0.848. The summed E-state index contributed by atoms with van der Waals surface area (Å²) in [6, 6.07) is 13.0. The topological polar surface area (TPSA) is 65.0 Å². The van der Waals surface area contributed by atoms with E-state index in [0.29, 0.717) is 42.6 Å². The third-order valence-electron chi connectivity index (χ3n) is 7.21. The van der Waals surface area contributed by atoms with Crippen molar-refractivity contribution in [1.82, 2.24) is 0 Å². The average Bonchev–Trinajstić information content (AvgIpc) is 3.43. The van der Waals surface area contributed by atoms with Crippen LogP contribution in [0.1, 0.15) is 66.5 Å². The number of ether oxygens (including phenoxy) is 3. The first-order valence-corrected chi connectivity index (χ1v) is 12.9. The molecule has 0 radical (unpaired) electrons. The summed E-state index contributed by atoms with van der Waals surface area (Å²) < 4.78 is 33.2. The molecule has 6 heteroatoms. The molecular weight excluding hydrogens is 471 g/mol. The van der Waals surface area contributed by atoms with E-state index in [9.17, 15) is 4.79 Å². The van der Waals surface area contributed by atoms with E-state index in [0.717, 1.165) is 45.6 Å². The van der Waals surface area contributed by atoms with Crippen LogP contribution in [0.15, 0.2) is 42.5 Å². The fourth-order valence-electron chi connectivity index (χ4n) is 5.59. The Morgan fingerprint density at radius 1 is 1.11 bits per heavy atom. The monoisotopic (exact) mass is 504 g/mol. The molecule has 2 atom stereocenters. The van der Waals surface area contributed by atoms with Crippen molar-refractivity contribution in [3.05, 3.63) is 76.1 Å². The van der Waals surface area contributed by atoms with Gasteiger partial charge in [-0.1, -0.05) is 26.0 Å². The van der Waals surface area contributed by atoms with Gasteiger partial charge in [-0.25, -0.2) is 4.39 Å². The zero-order valence-corrected chi connectivity index (χ0v) is 21.8. The van der Waals surface area contributed by atoms with Crippen LogP contribution in [0.25, 0.3) is 11.1 Å². The number of hydrogen-bond donors (Lipinski definition) is 1. The minimum absolute atomic E-state index is 0.0286. The number of fused-ring (bicyclic) bond motifs is 2. The van der Waals surface area contributed by atoms with Gasteiger partial charge in [0.05, 0.1) is 19.6 Å². The molecule has 3 aromatic carbocycles.